The summed E-state index contributed by atoms with van der Waals surface area (Å²) in [5.41, 5.74) is -0.597. The standard InChI is InChI=1S/C15H26INO5/c1-9(2)7-10(17-13(19)22-14(3,4)5)11-12(18)21-15(6,8-16)20-11/h9-11H,7-8H2,1-6H3,(H,17,19)/t10-,11-,15?/m0/s1. The van der Waals surface area contributed by atoms with Gasteiger partial charge in [0.2, 0.25) is 5.79 Å². The zero-order chi connectivity index (χ0) is 17.1. The highest BCUT2D eigenvalue weighted by Crippen LogP contribution is 2.30. The van der Waals surface area contributed by atoms with Crippen molar-refractivity contribution >= 4 is 34.7 Å². The number of hydrogen-bond donors (Lipinski definition) is 1. The molecular weight excluding hydrogens is 401 g/mol. The first-order valence-electron chi connectivity index (χ1n) is 7.42. The molecule has 22 heavy (non-hydrogen) atoms. The molecule has 0 aromatic rings. The first-order valence-corrected chi connectivity index (χ1v) is 8.94. The maximum atomic E-state index is 12.1. The fourth-order valence-electron chi connectivity index (χ4n) is 2.14. The quantitative estimate of drug-likeness (QED) is 0.415. The van der Waals surface area contributed by atoms with E-state index in [1.807, 2.05) is 13.8 Å². The molecule has 1 fully saturated rings. The minimum atomic E-state index is -0.937. The second kappa shape index (κ2) is 7.33. The summed E-state index contributed by atoms with van der Waals surface area (Å²) in [7, 11) is 0. The van der Waals surface area contributed by atoms with Crippen LogP contribution in [0.4, 0.5) is 4.79 Å². The normalized spacial score (nSPS) is 26.7. The molecule has 1 heterocycles. The SMILES string of the molecule is CC(C)C[C@H](NC(=O)OC(C)(C)C)[C@@H]1OC(C)(CI)OC1=O. The van der Waals surface area contributed by atoms with Crippen LogP contribution in [-0.2, 0) is 19.0 Å². The molecule has 1 rings (SSSR count). The van der Waals surface area contributed by atoms with Gasteiger partial charge < -0.3 is 19.5 Å². The highest BCUT2D eigenvalue weighted by atomic mass is 127. The topological polar surface area (TPSA) is 73.9 Å². The molecule has 0 aromatic carbocycles. The lowest BCUT2D eigenvalue weighted by Gasteiger charge is -2.27. The molecule has 0 spiro atoms. The molecule has 1 N–H and O–H groups in total. The third-order valence-electron chi connectivity index (χ3n) is 2.96. The Labute approximate surface area is 145 Å². The molecule has 1 aliphatic heterocycles. The van der Waals surface area contributed by atoms with Crippen LogP contribution in [0.1, 0.15) is 48.0 Å². The number of cyclic esters (lactones) is 1. The van der Waals surface area contributed by atoms with E-state index in [1.54, 1.807) is 27.7 Å². The lowest BCUT2D eigenvalue weighted by atomic mass is 9.99. The molecule has 1 aliphatic rings. The van der Waals surface area contributed by atoms with E-state index < -0.39 is 35.6 Å². The fraction of sp³-hybridized carbons (Fsp3) is 0.867. The molecule has 1 unspecified atom stereocenters. The van der Waals surface area contributed by atoms with Crippen molar-refractivity contribution in [3.8, 4) is 0 Å². The fourth-order valence-corrected chi connectivity index (χ4v) is 2.48. The van der Waals surface area contributed by atoms with E-state index in [1.165, 1.54) is 0 Å². The molecule has 0 bridgehead atoms. The summed E-state index contributed by atoms with van der Waals surface area (Å²) < 4.78 is 16.8. The number of carbonyl (C=O) groups is 2. The maximum absolute atomic E-state index is 12.1. The third kappa shape index (κ3) is 5.91. The monoisotopic (exact) mass is 427 g/mol. The van der Waals surface area contributed by atoms with E-state index >= 15 is 0 Å². The number of nitrogens with one attached hydrogen (secondary N) is 1. The van der Waals surface area contributed by atoms with Crippen LogP contribution in [0.25, 0.3) is 0 Å². The predicted octanol–water partition coefficient (Wildman–Crippen LogP) is 3.02. The number of carbonyl (C=O) groups excluding carboxylic acids is 2. The molecule has 3 atom stereocenters. The van der Waals surface area contributed by atoms with Gasteiger partial charge >= 0.3 is 12.1 Å². The first-order chi connectivity index (χ1) is 9.96. The number of amides is 1. The second-order valence-corrected chi connectivity index (χ2v) is 7.87. The van der Waals surface area contributed by atoms with E-state index in [-0.39, 0.29) is 5.92 Å². The van der Waals surface area contributed by atoms with Crippen molar-refractivity contribution in [2.45, 2.75) is 71.5 Å². The van der Waals surface area contributed by atoms with Crippen LogP contribution in [-0.4, -0.2) is 40.0 Å². The molecule has 0 saturated carbocycles. The number of rotatable bonds is 5. The molecule has 6 nitrogen and oxygen atoms in total. The Bertz CT molecular complexity index is 421. The Balaban J connectivity index is 2.81. The lowest BCUT2D eigenvalue weighted by molar-refractivity contribution is -0.158. The molecule has 1 amide bonds. The van der Waals surface area contributed by atoms with Crippen LogP contribution in [0, 0.1) is 5.92 Å². The summed E-state index contributed by atoms with van der Waals surface area (Å²) in [6.45, 7) is 11.1. The average molecular weight is 427 g/mol. The average Bonchev–Trinajstić information content (AvgIpc) is 2.62. The Hall–Kier alpha value is -0.570. The molecule has 128 valence electrons. The van der Waals surface area contributed by atoms with Crippen molar-refractivity contribution < 1.29 is 23.8 Å². The van der Waals surface area contributed by atoms with Gasteiger partial charge in [-0.05, 0) is 33.1 Å². The Kier molecular flexibility index (Phi) is 6.49. The van der Waals surface area contributed by atoms with E-state index in [0.717, 1.165) is 0 Å². The molecule has 0 aliphatic carbocycles. The van der Waals surface area contributed by atoms with Crippen molar-refractivity contribution in [2.24, 2.45) is 5.92 Å². The largest absolute Gasteiger partial charge is 0.444 e. The molecule has 0 radical (unpaired) electrons. The lowest BCUT2D eigenvalue weighted by Crippen LogP contribution is -2.48. The molecule has 7 heteroatoms. The number of alkyl carbamates (subject to hydrolysis) is 1. The zero-order valence-corrected chi connectivity index (χ0v) is 16.2. The van der Waals surface area contributed by atoms with Crippen molar-refractivity contribution in [2.75, 3.05) is 4.43 Å². The van der Waals surface area contributed by atoms with Gasteiger partial charge in [0.15, 0.2) is 6.10 Å². The van der Waals surface area contributed by atoms with E-state index in [0.29, 0.717) is 10.8 Å². The van der Waals surface area contributed by atoms with Crippen molar-refractivity contribution in [1.82, 2.24) is 5.32 Å². The van der Waals surface area contributed by atoms with Crippen LogP contribution < -0.4 is 5.32 Å². The van der Waals surface area contributed by atoms with Crippen LogP contribution in [0.5, 0.6) is 0 Å². The van der Waals surface area contributed by atoms with E-state index in [2.05, 4.69) is 27.9 Å². The number of alkyl halides is 1. The zero-order valence-electron chi connectivity index (χ0n) is 14.1. The van der Waals surface area contributed by atoms with E-state index in [4.69, 9.17) is 14.2 Å². The van der Waals surface area contributed by atoms with Gasteiger partial charge in [-0.15, -0.1) is 0 Å². The number of ether oxygens (including phenoxy) is 3. The van der Waals surface area contributed by atoms with Gasteiger partial charge in [-0.25, -0.2) is 9.59 Å². The maximum Gasteiger partial charge on any atom is 0.407 e. The Morgan fingerprint density at radius 2 is 2.05 bits per heavy atom. The molecule has 0 aromatic heterocycles. The third-order valence-corrected chi connectivity index (χ3v) is 4.35. The van der Waals surface area contributed by atoms with Gasteiger partial charge in [0.25, 0.3) is 0 Å². The smallest absolute Gasteiger partial charge is 0.407 e. The van der Waals surface area contributed by atoms with E-state index in [9.17, 15) is 9.59 Å². The summed E-state index contributed by atoms with van der Waals surface area (Å²) in [6.07, 6.45) is -0.775. The molecular formula is C15H26INO5. The number of esters is 1. The van der Waals surface area contributed by atoms with Crippen molar-refractivity contribution in [3.05, 3.63) is 0 Å². The summed E-state index contributed by atoms with van der Waals surface area (Å²) in [4.78, 5) is 24.1. The minimum absolute atomic E-state index is 0.280. The molecule has 1 saturated heterocycles. The predicted molar refractivity (Wildman–Crippen MR) is 90.9 cm³/mol. The summed E-state index contributed by atoms with van der Waals surface area (Å²) >= 11 is 2.10. The van der Waals surface area contributed by atoms with Crippen molar-refractivity contribution in [1.29, 1.82) is 0 Å². The highest BCUT2D eigenvalue weighted by molar-refractivity contribution is 14.1. The highest BCUT2D eigenvalue weighted by Gasteiger charge is 2.48. The Morgan fingerprint density at radius 3 is 2.45 bits per heavy atom. The van der Waals surface area contributed by atoms with Gasteiger partial charge in [-0.1, -0.05) is 36.4 Å². The van der Waals surface area contributed by atoms with Crippen LogP contribution in [0.2, 0.25) is 0 Å². The number of halogens is 1. The van der Waals surface area contributed by atoms with Gasteiger partial charge in [0.05, 0.1) is 10.5 Å². The summed E-state index contributed by atoms with van der Waals surface area (Å²) in [5, 5.41) is 2.75. The summed E-state index contributed by atoms with van der Waals surface area (Å²) in [5.74, 6) is -1.10. The van der Waals surface area contributed by atoms with Crippen LogP contribution >= 0.6 is 22.6 Å². The minimum Gasteiger partial charge on any atom is -0.444 e. The van der Waals surface area contributed by atoms with Crippen molar-refractivity contribution in [3.63, 3.8) is 0 Å². The Morgan fingerprint density at radius 1 is 1.45 bits per heavy atom. The first kappa shape index (κ1) is 19.5. The van der Waals surface area contributed by atoms with Crippen LogP contribution in [0.3, 0.4) is 0 Å². The van der Waals surface area contributed by atoms with Gasteiger partial charge in [0, 0.05) is 6.92 Å². The second-order valence-electron chi connectivity index (χ2n) is 7.11. The van der Waals surface area contributed by atoms with Crippen LogP contribution in [0.15, 0.2) is 0 Å². The summed E-state index contributed by atoms with van der Waals surface area (Å²) in [6, 6.07) is -0.480. The van der Waals surface area contributed by atoms with Gasteiger partial charge in [-0.2, -0.15) is 0 Å². The number of hydrogen-bond acceptors (Lipinski definition) is 5. The van der Waals surface area contributed by atoms with Gasteiger partial charge in [-0.3, -0.25) is 0 Å². The van der Waals surface area contributed by atoms with Gasteiger partial charge in [0.1, 0.15) is 5.60 Å².